The smallest absolute Gasteiger partial charge is 0.0880 e. The van der Waals surface area contributed by atoms with E-state index in [2.05, 4.69) is 22.2 Å². The van der Waals surface area contributed by atoms with Crippen LogP contribution in [-0.2, 0) is 0 Å². The highest BCUT2D eigenvalue weighted by molar-refractivity contribution is 7.99. The number of hydrogen-bond acceptors (Lipinski definition) is 3. The second kappa shape index (κ2) is 2.08. The minimum Gasteiger partial charge on any atom is -0.332 e. The molecule has 0 saturated carbocycles. The van der Waals surface area contributed by atoms with Crippen LogP contribution in [0.15, 0.2) is 21.9 Å². The number of fused-ring (bicyclic) bond motifs is 1. The van der Waals surface area contributed by atoms with Crippen LogP contribution >= 0.6 is 23.3 Å². The Morgan fingerprint density at radius 3 is 3.33 bits per heavy atom. The number of rotatable bonds is 0. The minimum atomic E-state index is 1.34. The van der Waals surface area contributed by atoms with Crippen molar-refractivity contribution in [1.82, 2.24) is 4.72 Å². The molecule has 1 aliphatic rings. The van der Waals surface area contributed by atoms with E-state index in [0.29, 0.717) is 0 Å². The van der Waals surface area contributed by atoms with Gasteiger partial charge in [0.1, 0.15) is 0 Å². The van der Waals surface area contributed by atoms with Crippen molar-refractivity contribution in [3.05, 3.63) is 23.2 Å². The molecule has 0 fully saturated rings. The zero-order chi connectivity index (χ0) is 6.10. The minimum absolute atomic E-state index is 1.34. The Morgan fingerprint density at radius 2 is 2.44 bits per heavy atom. The molecule has 2 heterocycles. The molecule has 2 rings (SSSR count). The summed E-state index contributed by atoms with van der Waals surface area (Å²) in [4.78, 5) is 0. The van der Waals surface area contributed by atoms with Gasteiger partial charge < -0.3 is 4.72 Å². The Labute approximate surface area is 61.9 Å². The molecule has 0 amide bonds. The van der Waals surface area contributed by atoms with Crippen LogP contribution in [0, 0.1) is 0 Å². The van der Waals surface area contributed by atoms with Crippen LogP contribution in [0.3, 0.4) is 0 Å². The average Bonchev–Trinajstić information content (AvgIpc) is 2.33. The van der Waals surface area contributed by atoms with Crippen molar-refractivity contribution in [2.45, 2.75) is 4.21 Å². The van der Waals surface area contributed by atoms with Gasteiger partial charge in [-0.3, -0.25) is 0 Å². The van der Waals surface area contributed by atoms with Gasteiger partial charge in [-0.05, 0) is 29.5 Å². The largest absolute Gasteiger partial charge is 0.332 e. The van der Waals surface area contributed by atoms with Gasteiger partial charge in [-0.1, -0.05) is 0 Å². The lowest BCUT2D eigenvalue weighted by molar-refractivity contribution is 1.39. The van der Waals surface area contributed by atoms with Crippen molar-refractivity contribution in [2.75, 3.05) is 0 Å². The third-order valence-electron chi connectivity index (χ3n) is 1.14. The van der Waals surface area contributed by atoms with Gasteiger partial charge in [0.05, 0.1) is 4.21 Å². The summed E-state index contributed by atoms with van der Waals surface area (Å²) in [6.07, 6.45) is 4.04. The van der Waals surface area contributed by atoms with E-state index in [9.17, 15) is 0 Å². The van der Waals surface area contributed by atoms with E-state index in [-0.39, 0.29) is 0 Å². The standard InChI is InChI=1S/C6H5NS2/c1-3-7-9-6-5(1)2-4-8-6/h1-4,7H. The first-order valence-electron chi connectivity index (χ1n) is 2.63. The van der Waals surface area contributed by atoms with Crippen molar-refractivity contribution in [3.63, 3.8) is 0 Å². The molecule has 1 aliphatic heterocycles. The molecule has 0 unspecified atom stereocenters. The van der Waals surface area contributed by atoms with Gasteiger partial charge in [0.15, 0.2) is 0 Å². The molecular weight excluding hydrogens is 150 g/mol. The van der Waals surface area contributed by atoms with Crippen molar-refractivity contribution < 1.29 is 0 Å². The summed E-state index contributed by atoms with van der Waals surface area (Å²) in [5.41, 5.74) is 1.34. The fourth-order valence-electron chi connectivity index (χ4n) is 0.723. The highest BCUT2D eigenvalue weighted by Gasteiger charge is 2.03. The third kappa shape index (κ3) is 0.862. The fourth-order valence-corrected chi connectivity index (χ4v) is 2.33. The predicted octanol–water partition coefficient (Wildman–Crippen LogP) is 2.33. The molecule has 9 heavy (non-hydrogen) atoms. The molecule has 3 heteroatoms. The number of thiophene rings is 1. The van der Waals surface area contributed by atoms with Gasteiger partial charge in [0.25, 0.3) is 0 Å². The van der Waals surface area contributed by atoms with Gasteiger partial charge >= 0.3 is 0 Å². The zero-order valence-corrected chi connectivity index (χ0v) is 6.26. The summed E-state index contributed by atoms with van der Waals surface area (Å²) in [7, 11) is 0. The van der Waals surface area contributed by atoms with Crippen molar-refractivity contribution in [1.29, 1.82) is 0 Å². The molecular formula is C6H5NS2. The Kier molecular flexibility index (Phi) is 1.24. The topological polar surface area (TPSA) is 12.0 Å². The van der Waals surface area contributed by atoms with Gasteiger partial charge in [-0.25, -0.2) is 0 Å². The highest BCUT2D eigenvalue weighted by Crippen LogP contribution is 2.29. The van der Waals surface area contributed by atoms with Gasteiger partial charge in [-0.2, -0.15) is 0 Å². The maximum Gasteiger partial charge on any atom is 0.0880 e. The molecule has 1 aromatic heterocycles. The van der Waals surface area contributed by atoms with Crippen LogP contribution in [-0.4, -0.2) is 0 Å². The Balaban J connectivity index is 2.53. The summed E-state index contributed by atoms with van der Waals surface area (Å²) >= 11 is 3.45. The molecule has 0 aromatic carbocycles. The van der Waals surface area contributed by atoms with Crippen LogP contribution in [0.5, 0.6) is 0 Å². The molecule has 0 radical (unpaired) electrons. The molecule has 0 bridgehead atoms. The average molecular weight is 155 g/mol. The zero-order valence-electron chi connectivity index (χ0n) is 4.63. The first-order chi connectivity index (χ1) is 4.47. The van der Waals surface area contributed by atoms with Gasteiger partial charge in [0.2, 0.25) is 0 Å². The van der Waals surface area contributed by atoms with Crippen molar-refractivity contribution in [2.24, 2.45) is 0 Å². The fraction of sp³-hybridized carbons (Fsp3) is 0. The lowest BCUT2D eigenvalue weighted by Gasteiger charge is -2.03. The molecule has 1 N–H and O–H groups in total. The van der Waals surface area contributed by atoms with Crippen LogP contribution in [0.2, 0.25) is 0 Å². The Bertz CT molecular complexity index is 239. The third-order valence-corrected chi connectivity index (χ3v) is 3.08. The second-order valence-electron chi connectivity index (χ2n) is 1.72. The lowest BCUT2D eigenvalue weighted by Crippen LogP contribution is -1.93. The van der Waals surface area contributed by atoms with E-state index in [1.165, 1.54) is 9.77 Å². The summed E-state index contributed by atoms with van der Waals surface area (Å²) in [5.74, 6) is 0. The summed E-state index contributed by atoms with van der Waals surface area (Å²) in [6, 6.07) is 2.13. The molecule has 46 valence electrons. The van der Waals surface area contributed by atoms with Crippen LogP contribution < -0.4 is 4.72 Å². The van der Waals surface area contributed by atoms with E-state index in [0.717, 1.165) is 0 Å². The van der Waals surface area contributed by atoms with E-state index in [4.69, 9.17) is 0 Å². The lowest BCUT2D eigenvalue weighted by atomic mass is 10.3. The maximum absolute atomic E-state index is 3.07. The first-order valence-corrected chi connectivity index (χ1v) is 4.33. The van der Waals surface area contributed by atoms with Gasteiger partial charge in [-0.15, -0.1) is 11.3 Å². The van der Waals surface area contributed by atoms with Crippen LogP contribution in [0.25, 0.3) is 6.08 Å². The molecule has 1 aromatic rings. The van der Waals surface area contributed by atoms with Gasteiger partial charge in [0, 0.05) is 11.8 Å². The predicted molar refractivity (Wildman–Crippen MR) is 42.3 cm³/mol. The quantitative estimate of drug-likeness (QED) is 0.577. The molecule has 0 aliphatic carbocycles. The van der Waals surface area contributed by atoms with E-state index < -0.39 is 0 Å². The molecule has 0 spiro atoms. The second-order valence-corrected chi connectivity index (χ2v) is 3.74. The number of hydrogen-bond donors (Lipinski definition) is 1. The molecule has 1 nitrogen and oxygen atoms in total. The molecule has 0 saturated heterocycles. The summed E-state index contributed by atoms with van der Waals surface area (Å²) in [6.45, 7) is 0. The van der Waals surface area contributed by atoms with E-state index in [1.54, 1.807) is 23.3 Å². The van der Waals surface area contributed by atoms with Crippen LogP contribution in [0.4, 0.5) is 0 Å². The summed E-state index contributed by atoms with van der Waals surface area (Å²) < 4.78 is 4.43. The monoisotopic (exact) mass is 155 g/mol. The maximum atomic E-state index is 3.07. The van der Waals surface area contributed by atoms with Crippen molar-refractivity contribution >= 4 is 29.4 Å². The van der Waals surface area contributed by atoms with Crippen molar-refractivity contribution in [3.8, 4) is 0 Å². The Morgan fingerprint density at radius 1 is 1.44 bits per heavy atom. The van der Waals surface area contributed by atoms with E-state index in [1.807, 2.05) is 6.20 Å². The normalized spacial score (nSPS) is 14.7. The Hall–Kier alpha value is -0.410. The highest BCUT2D eigenvalue weighted by atomic mass is 32.2. The molecule has 0 atom stereocenters. The SMILES string of the molecule is C1=Cc2ccsc2SN1. The summed E-state index contributed by atoms with van der Waals surface area (Å²) in [5, 5.41) is 2.11. The van der Waals surface area contributed by atoms with E-state index >= 15 is 0 Å². The number of nitrogens with one attached hydrogen (secondary N) is 1. The first kappa shape index (κ1) is 5.38. The van der Waals surface area contributed by atoms with Crippen LogP contribution in [0.1, 0.15) is 5.56 Å².